The highest BCUT2D eigenvalue weighted by Gasteiger charge is 2.13. The van der Waals surface area contributed by atoms with Crippen molar-refractivity contribution in [3.05, 3.63) is 17.5 Å². The first-order valence-electron chi connectivity index (χ1n) is 5.53. The Morgan fingerprint density at radius 2 is 2.07 bits per heavy atom. The van der Waals surface area contributed by atoms with Crippen LogP contribution >= 0.6 is 0 Å². The van der Waals surface area contributed by atoms with Gasteiger partial charge in [0.2, 0.25) is 5.95 Å². The predicted molar refractivity (Wildman–Crippen MR) is 61.0 cm³/mol. The number of aryl methyl sites for hydroxylation is 2. The van der Waals surface area contributed by atoms with Crippen molar-refractivity contribution in [1.29, 1.82) is 0 Å². The van der Waals surface area contributed by atoms with Crippen molar-refractivity contribution in [3.8, 4) is 0 Å². The zero-order valence-corrected chi connectivity index (χ0v) is 9.38. The lowest BCUT2D eigenvalue weighted by Crippen LogP contribution is -2.38. The Hall–Kier alpha value is -1.16. The summed E-state index contributed by atoms with van der Waals surface area (Å²) in [5, 5.41) is 6.74. The average molecular weight is 206 g/mol. The molecule has 0 spiro atoms. The second kappa shape index (κ2) is 4.57. The molecule has 0 aliphatic carbocycles. The lowest BCUT2D eigenvalue weighted by atomic mass is 10.1. The zero-order chi connectivity index (χ0) is 10.7. The molecule has 0 unspecified atom stereocenters. The van der Waals surface area contributed by atoms with E-state index in [2.05, 4.69) is 20.6 Å². The highest BCUT2D eigenvalue weighted by Crippen LogP contribution is 2.09. The molecule has 0 radical (unpaired) electrons. The van der Waals surface area contributed by atoms with E-state index in [-0.39, 0.29) is 0 Å². The average Bonchev–Trinajstić information content (AvgIpc) is 2.17. The van der Waals surface area contributed by atoms with Crippen LogP contribution in [-0.2, 0) is 0 Å². The molecule has 1 saturated heterocycles. The molecule has 15 heavy (non-hydrogen) atoms. The lowest BCUT2D eigenvalue weighted by molar-refractivity contribution is 0.478. The third-order valence-corrected chi connectivity index (χ3v) is 2.61. The van der Waals surface area contributed by atoms with Gasteiger partial charge in [0, 0.05) is 24.0 Å². The molecule has 1 atom stereocenters. The van der Waals surface area contributed by atoms with Gasteiger partial charge in [0.15, 0.2) is 0 Å². The molecule has 1 aliphatic heterocycles. The van der Waals surface area contributed by atoms with E-state index in [0.29, 0.717) is 6.04 Å². The second-order valence-electron chi connectivity index (χ2n) is 4.16. The molecular formula is C11H18N4. The molecular weight excluding hydrogens is 188 g/mol. The number of nitrogens with zero attached hydrogens (tertiary/aromatic N) is 2. The first-order valence-corrected chi connectivity index (χ1v) is 5.53. The third kappa shape index (κ3) is 2.89. The fourth-order valence-electron chi connectivity index (χ4n) is 1.95. The van der Waals surface area contributed by atoms with Crippen LogP contribution in [0.2, 0.25) is 0 Å². The quantitative estimate of drug-likeness (QED) is 0.765. The first kappa shape index (κ1) is 10.4. The molecule has 4 heteroatoms. The summed E-state index contributed by atoms with van der Waals surface area (Å²) in [6.07, 6.45) is 2.42. The van der Waals surface area contributed by atoms with E-state index in [1.165, 1.54) is 12.8 Å². The number of aromatic nitrogens is 2. The number of nitrogens with one attached hydrogen (secondary N) is 2. The van der Waals surface area contributed by atoms with Gasteiger partial charge in [-0.1, -0.05) is 0 Å². The summed E-state index contributed by atoms with van der Waals surface area (Å²) in [6.45, 7) is 6.14. The normalized spacial score (nSPS) is 21.3. The monoisotopic (exact) mass is 206 g/mol. The Morgan fingerprint density at radius 3 is 2.67 bits per heavy atom. The van der Waals surface area contributed by atoms with Crippen LogP contribution in [0.3, 0.4) is 0 Å². The molecule has 1 aliphatic rings. The molecule has 2 heterocycles. The Bertz CT molecular complexity index is 311. The summed E-state index contributed by atoms with van der Waals surface area (Å²) in [7, 11) is 0. The van der Waals surface area contributed by atoms with Crippen LogP contribution in [0, 0.1) is 13.8 Å². The van der Waals surface area contributed by atoms with Gasteiger partial charge < -0.3 is 10.6 Å². The van der Waals surface area contributed by atoms with E-state index >= 15 is 0 Å². The van der Waals surface area contributed by atoms with E-state index in [9.17, 15) is 0 Å². The van der Waals surface area contributed by atoms with Crippen molar-refractivity contribution in [2.75, 3.05) is 18.4 Å². The van der Waals surface area contributed by atoms with Gasteiger partial charge in [-0.2, -0.15) is 0 Å². The molecule has 0 bridgehead atoms. The standard InChI is InChI=1S/C11H18N4/c1-8-6-9(2)14-11(13-8)15-10-4-3-5-12-7-10/h6,10,12H,3-5,7H2,1-2H3,(H,13,14,15)/t10-/m0/s1. The van der Waals surface area contributed by atoms with Crippen molar-refractivity contribution in [2.45, 2.75) is 32.7 Å². The summed E-state index contributed by atoms with van der Waals surface area (Å²) in [5.74, 6) is 0.765. The van der Waals surface area contributed by atoms with E-state index in [1.54, 1.807) is 0 Å². The van der Waals surface area contributed by atoms with Gasteiger partial charge in [0.25, 0.3) is 0 Å². The topological polar surface area (TPSA) is 49.8 Å². The molecule has 2 N–H and O–H groups in total. The number of piperidine rings is 1. The lowest BCUT2D eigenvalue weighted by Gasteiger charge is -2.23. The fourth-order valence-corrected chi connectivity index (χ4v) is 1.95. The number of anilines is 1. The minimum Gasteiger partial charge on any atom is -0.350 e. The van der Waals surface area contributed by atoms with Gasteiger partial charge in [0.1, 0.15) is 0 Å². The predicted octanol–water partition coefficient (Wildman–Crippen LogP) is 1.26. The Balaban J connectivity index is 2.02. The SMILES string of the molecule is Cc1cc(C)nc(N[C@H]2CCCNC2)n1. The van der Waals surface area contributed by atoms with Crippen LogP contribution in [0.4, 0.5) is 5.95 Å². The third-order valence-electron chi connectivity index (χ3n) is 2.61. The van der Waals surface area contributed by atoms with Gasteiger partial charge in [0.05, 0.1) is 0 Å². The molecule has 1 fully saturated rings. The Labute approximate surface area is 90.5 Å². The summed E-state index contributed by atoms with van der Waals surface area (Å²) in [5.41, 5.74) is 2.04. The maximum Gasteiger partial charge on any atom is 0.223 e. The van der Waals surface area contributed by atoms with Gasteiger partial charge in [-0.05, 0) is 39.3 Å². The molecule has 0 saturated carbocycles. The van der Waals surface area contributed by atoms with Crippen LogP contribution in [-0.4, -0.2) is 29.1 Å². The van der Waals surface area contributed by atoms with Gasteiger partial charge in [-0.3, -0.25) is 0 Å². The van der Waals surface area contributed by atoms with E-state index in [1.807, 2.05) is 19.9 Å². The molecule has 2 rings (SSSR count). The minimum absolute atomic E-state index is 0.472. The number of hydrogen-bond donors (Lipinski definition) is 2. The molecule has 0 aromatic carbocycles. The van der Waals surface area contributed by atoms with Crippen LogP contribution in [0.25, 0.3) is 0 Å². The molecule has 82 valence electrons. The van der Waals surface area contributed by atoms with Crippen LogP contribution in [0.1, 0.15) is 24.2 Å². The zero-order valence-electron chi connectivity index (χ0n) is 9.38. The number of rotatable bonds is 2. The maximum absolute atomic E-state index is 4.38. The van der Waals surface area contributed by atoms with Gasteiger partial charge in [-0.25, -0.2) is 9.97 Å². The molecule has 0 amide bonds. The fraction of sp³-hybridized carbons (Fsp3) is 0.636. The van der Waals surface area contributed by atoms with Crippen LogP contribution in [0.5, 0.6) is 0 Å². The highest BCUT2D eigenvalue weighted by atomic mass is 15.1. The van der Waals surface area contributed by atoms with E-state index in [0.717, 1.165) is 30.4 Å². The van der Waals surface area contributed by atoms with Crippen molar-refractivity contribution in [2.24, 2.45) is 0 Å². The Kier molecular flexibility index (Phi) is 3.16. The van der Waals surface area contributed by atoms with E-state index in [4.69, 9.17) is 0 Å². The summed E-state index contributed by atoms with van der Waals surface area (Å²) in [4.78, 5) is 8.76. The van der Waals surface area contributed by atoms with Crippen molar-refractivity contribution in [1.82, 2.24) is 15.3 Å². The summed E-state index contributed by atoms with van der Waals surface area (Å²) < 4.78 is 0. The molecule has 4 nitrogen and oxygen atoms in total. The van der Waals surface area contributed by atoms with Gasteiger partial charge >= 0.3 is 0 Å². The van der Waals surface area contributed by atoms with Crippen LogP contribution in [0.15, 0.2) is 6.07 Å². The smallest absolute Gasteiger partial charge is 0.223 e. The van der Waals surface area contributed by atoms with Crippen molar-refractivity contribution in [3.63, 3.8) is 0 Å². The van der Waals surface area contributed by atoms with Crippen molar-refractivity contribution < 1.29 is 0 Å². The maximum atomic E-state index is 4.38. The van der Waals surface area contributed by atoms with Crippen molar-refractivity contribution >= 4 is 5.95 Å². The Morgan fingerprint density at radius 1 is 1.33 bits per heavy atom. The number of hydrogen-bond acceptors (Lipinski definition) is 4. The first-order chi connectivity index (χ1) is 7.24. The second-order valence-corrected chi connectivity index (χ2v) is 4.16. The molecule has 1 aromatic heterocycles. The van der Waals surface area contributed by atoms with E-state index < -0.39 is 0 Å². The summed E-state index contributed by atoms with van der Waals surface area (Å²) in [6, 6.07) is 2.46. The minimum atomic E-state index is 0.472. The summed E-state index contributed by atoms with van der Waals surface area (Å²) >= 11 is 0. The largest absolute Gasteiger partial charge is 0.350 e. The van der Waals surface area contributed by atoms with Gasteiger partial charge in [-0.15, -0.1) is 0 Å². The van der Waals surface area contributed by atoms with Crippen LogP contribution < -0.4 is 10.6 Å². The molecule has 1 aromatic rings. The highest BCUT2D eigenvalue weighted by molar-refractivity contribution is 5.29.